The molecule has 110 valence electrons. The Morgan fingerprint density at radius 2 is 2.10 bits per heavy atom. The zero-order chi connectivity index (χ0) is 14.2. The normalized spacial score (nSPS) is 19.1. The van der Waals surface area contributed by atoms with Crippen molar-refractivity contribution in [1.82, 2.24) is 10.2 Å². The van der Waals surface area contributed by atoms with Gasteiger partial charge in [-0.15, -0.1) is 0 Å². The third-order valence-electron chi connectivity index (χ3n) is 3.97. The number of carbonyl (C=O) groups is 1. The molecule has 0 aliphatic carbocycles. The van der Waals surface area contributed by atoms with Gasteiger partial charge in [0.25, 0.3) is 0 Å². The van der Waals surface area contributed by atoms with Crippen molar-refractivity contribution in [2.45, 2.75) is 39.2 Å². The van der Waals surface area contributed by atoms with Crippen LogP contribution in [0.15, 0.2) is 30.3 Å². The van der Waals surface area contributed by atoms with Gasteiger partial charge >= 0.3 is 0 Å². The first kappa shape index (κ1) is 15.0. The van der Waals surface area contributed by atoms with Gasteiger partial charge in [0.2, 0.25) is 5.91 Å². The summed E-state index contributed by atoms with van der Waals surface area (Å²) in [5.74, 6) is 0.428. The van der Waals surface area contributed by atoms with Gasteiger partial charge in [-0.2, -0.15) is 0 Å². The molecule has 1 aromatic rings. The predicted octanol–water partition coefficient (Wildman–Crippen LogP) is 2.81. The van der Waals surface area contributed by atoms with E-state index in [1.165, 1.54) is 18.4 Å². The summed E-state index contributed by atoms with van der Waals surface area (Å²) in [5, 5.41) is 3.08. The monoisotopic (exact) mass is 274 g/mol. The largest absolute Gasteiger partial charge is 0.356 e. The molecular weight excluding hydrogens is 248 g/mol. The molecule has 20 heavy (non-hydrogen) atoms. The van der Waals surface area contributed by atoms with Crippen LogP contribution in [0.4, 0.5) is 0 Å². The van der Waals surface area contributed by atoms with Gasteiger partial charge in [0.1, 0.15) is 0 Å². The predicted molar refractivity (Wildman–Crippen MR) is 82.4 cm³/mol. The molecule has 0 radical (unpaired) electrons. The highest BCUT2D eigenvalue weighted by Gasteiger charge is 2.27. The van der Waals surface area contributed by atoms with Gasteiger partial charge < -0.3 is 5.32 Å². The Morgan fingerprint density at radius 1 is 1.30 bits per heavy atom. The number of nitrogens with zero attached hydrogens (tertiary/aromatic N) is 1. The van der Waals surface area contributed by atoms with Gasteiger partial charge in [-0.25, -0.2) is 0 Å². The maximum Gasteiger partial charge on any atom is 0.224 e. The average Bonchev–Trinajstić information content (AvgIpc) is 2.93. The minimum atomic E-state index is 0.181. The molecule has 1 atom stereocenters. The molecule has 1 aromatic carbocycles. The summed E-state index contributed by atoms with van der Waals surface area (Å²) in [6, 6.07) is 10.5. The summed E-state index contributed by atoms with van der Waals surface area (Å²) in [6.45, 7) is 5.90. The molecule has 0 aromatic heterocycles. The average molecular weight is 274 g/mol. The molecule has 1 aliphatic rings. The van der Waals surface area contributed by atoms with Crippen molar-refractivity contribution in [3.63, 3.8) is 0 Å². The van der Waals surface area contributed by atoms with E-state index in [2.05, 4.69) is 41.4 Å². The lowest BCUT2D eigenvalue weighted by Gasteiger charge is -2.16. The van der Waals surface area contributed by atoms with E-state index >= 15 is 0 Å². The van der Waals surface area contributed by atoms with E-state index in [0.29, 0.717) is 0 Å². The molecule has 3 nitrogen and oxygen atoms in total. The highest BCUT2D eigenvalue weighted by molar-refractivity contribution is 5.79. The summed E-state index contributed by atoms with van der Waals surface area (Å²) in [5.41, 5.74) is 1.33. The highest BCUT2D eigenvalue weighted by Crippen LogP contribution is 2.18. The number of benzene rings is 1. The van der Waals surface area contributed by atoms with E-state index in [0.717, 1.165) is 39.0 Å². The topological polar surface area (TPSA) is 32.3 Å². The molecule has 1 heterocycles. The zero-order valence-electron chi connectivity index (χ0n) is 12.5. The lowest BCUT2D eigenvalue weighted by molar-refractivity contribution is -0.124. The fourth-order valence-electron chi connectivity index (χ4n) is 2.76. The molecule has 1 saturated heterocycles. The van der Waals surface area contributed by atoms with Gasteiger partial charge in [0.15, 0.2) is 0 Å². The van der Waals surface area contributed by atoms with Crippen LogP contribution in [-0.2, 0) is 11.3 Å². The molecule has 0 saturated carbocycles. The number of rotatable bonds is 7. The number of hydrogen-bond donors (Lipinski definition) is 1. The second-order valence-corrected chi connectivity index (χ2v) is 5.70. The number of unbranched alkanes of at least 4 members (excludes halogenated alkanes) is 2. The first-order valence-corrected chi connectivity index (χ1v) is 7.83. The van der Waals surface area contributed by atoms with E-state index in [-0.39, 0.29) is 11.8 Å². The highest BCUT2D eigenvalue weighted by atomic mass is 16.1. The molecular formula is C17H26N2O. The first-order chi connectivity index (χ1) is 9.79. The molecule has 1 aliphatic heterocycles. The number of nitrogens with one attached hydrogen (secondary N) is 1. The van der Waals surface area contributed by atoms with E-state index < -0.39 is 0 Å². The summed E-state index contributed by atoms with van der Waals surface area (Å²) in [7, 11) is 0. The molecule has 0 bridgehead atoms. The minimum Gasteiger partial charge on any atom is -0.356 e. The van der Waals surface area contributed by atoms with Crippen LogP contribution in [0.25, 0.3) is 0 Å². The van der Waals surface area contributed by atoms with Crippen LogP contribution in [0, 0.1) is 5.92 Å². The maximum atomic E-state index is 12.1. The second-order valence-electron chi connectivity index (χ2n) is 5.70. The molecule has 1 fully saturated rings. The second kappa shape index (κ2) is 8.05. The zero-order valence-corrected chi connectivity index (χ0v) is 12.5. The molecule has 1 N–H and O–H groups in total. The van der Waals surface area contributed by atoms with Gasteiger partial charge in [0, 0.05) is 19.6 Å². The van der Waals surface area contributed by atoms with Crippen molar-refractivity contribution < 1.29 is 4.79 Å². The molecule has 1 unspecified atom stereocenters. The van der Waals surface area contributed by atoms with Crippen molar-refractivity contribution >= 4 is 5.91 Å². The van der Waals surface area contributed by atoms with Crippen molar-refractivity contribution in [3.8, 4) is 0 Å². The SMILES string of the molecule is CCCCCNC(=O)C1CCN(Cc2ccccc2)C1. The van der Waals surface area contributed by atoms with Gasteiger partial charge in [0.05, 0.1) is 5.92 Å². The Morgan fingerprint density at radius 3 is 2.85 bits per heavy atom. The van der Waals surface area contributed by atoms with Crippen LogP contribution in [0.1, 0.15) is 38.2 Å². The number of likely N-dealkylation sites (tertiary alicyclic amines) is 1. The molecule has 0 spiro atoms. The van der Waals surface area contributed by atoms with Crippen LogP contribution in [-0.4, -0.2) is 30.4 Å². The van der Waals surface area contributed by atoms with Crippen LogP contribution < -0.4 is 5.32 Å². The third kappa shape index (κ3) is 4.64. The Labute approximate surface area is 122 Å². The van der Waals surface area contributed by atoms with Crippen molar-refractivity contribution in [2.24, 2.45) is 5.92 Å². The standard InChI is InChI=1S/C17H26N2O/c1-2-3-7-11-18-17(20)16-10-12-19(14-16)13-15-8-5-4-6-9-15/h4-6,8-9,16H,2-3,7,10-14H2,1H3,(H,18,20). The van der Waals surface area contributed by atoms with E-state index in [4.69, 9.17) is 0 Å². The van der Waals surface area contributed by atoms with Gasteiger partial charge in [-0.05, 0) is 24.9 Å². The quantitative estimate of drug-likeness (QED) is 0.775. The summed E-state index contributed by atoms with van der Waals surface area (Å²) in [4.78, 5) is 14.4. The van der Waals surface area contributed by atoms with Crippen molar-refractivity contribution in [2.75, 3.05) is 19.6 Å². The van der Waals surface area contributed by atoms with Crippen LogP contribution in [0.2, 0.25) is 0 Å². The first-order valence-electron chi connectivity index (χ1n) is 7.83. The molecule has 3 heteroatoms. The summed E-state index contributed by atoms with van der Waals surface area (Å²) >= 11 is 0. The van der Waals surface area contributed by atoms with E-state index in [1.807, 2.05) is 6.07 Å². The fraction of sp³-hybridized carbons (Fsp3) is 0.588. The Kier molecular flexibility index (Phi) is 6.06. The van der Waals surface area contributed by atoms with Crippen LogP contribution in [0.5, 0.6) is 0 Å². The Balaban J connectivity index is 1.70. The fourth-order valence-corrected chi connectivity index (χ4v) is 2.76. The number of hydrogen-bond acceptors (Lipinski definition) is 2. The molecule has 1 amide bonds. The van der Waals surface area contributed by atoms with Gasteiger partial charge in [-0.1, -0.05) is 50.1 Å². The van der Waals surface area contributed by atoms with Gasteiger partial charge in [-0.3, -0.25) is 9.69 Å². The number of amides is 1. The van der Waals surface area contributed by atoms with E-state index in [1.54, 1.807) is 0 Å². The lowest BCUT2D eigenvalue weighted by atomic mass is 10.1. The van der Waals surface area contributed by atoms with Crippen LogP contribution in [0.3, 0.4) is 0 Å². The van der Waals surface area contributed by atoms with E-state index in [9.17, 15) is 4.79 Å². The minimum absolute atomic E-state index is 0.181. The molecule has 2 rings (SSSR count). The van der Waals surface area contributed by atoms with Crippen molar-refractivity contribution in [3.05, 3.63) is 35.9 Å². The lowest BCUT2D eigenvalue weighted by Crippen LogP contribution is -2.33. The number of carbonyl (C=O) groups excluding carboxylic acids is 1. The smallest absolute Gasteiger partial charge is 0.224 e. The summed E-state index contributed by atoms with van der Waals surface area (Å²) < 4.78 is 0. The van der Waals surface area contributed by atoms with Crippen LogP contribution >= 0.6 is 0 Å². The Bertz CT molecular complexity index is 405. The third-order valence-corrected chi connectivity index (χ3v) is 3.97. The Hall–Kier alpha value is -1.35. The maximum absolute atomic E-state index is 12.1. The summed E-state index contributed by atoms with van der Waals surface area (Å²) in [6.07, 6.45) is 4.49. The van der Waals surface area contributed by atoms with Crippen molar-refractivity contribution in [1.29, 1.82) is 0 Å².